The first kappa shape index (κ1) is 12.7. The summed E-state index contributed by atoms with van der Waals surface area (Å²) in [5.41, 5.74) is 3.34. The zero-order valence-electron chi connectivity index (χ0n) is 11.6. The van der Waals surface area contributed by atoms with Crippen LogP contribution < -0.4 is 19.5 Å². The fraction of sp³-hybridized carbons (Fsp3) is 0.250. The Morgan fingerprint density at radius 1 is 1.10 bits per heavy atom. The average Bonchev–Trinajstić information content (AvgIpc) is 2.92. The molecule has 0 aromatic heterocycles. The van der Waals surface area contributed by atoms with Gasteiger partial charge in [-0.15, -0.1) is 0 Å². The maximum atomic E-state index is 5.37. The van der Waals surface area contributed by atoms with Gasteiger partial charge in [-0.25, -0.2) is 0 Å². The van der Waals surface area contributed by atoms with Gasteiger partial charge in [0, 0.05) is 12.2 Å². The van der Waals surface area contributed by atoms with Gasteiger partial charge in [0.05, 0.1) is 7.11 Å². The predicted molar refractivity (Wildman–Crippen MR) is 77.6 cm³/mol. The van der Waals surface area contributed by atoms with Crippen molar-refractivity contribution < 1.29 is 14.2 Å². The molecule has 2 aromatic carbocycles. The molecule has 0 atom stereocenters. The van der Waals surface area contributed by atoms with Gasteiger partial charge in [-0.3, -0.25) is 0 Å². The summed E-state index contributed by atoms with van der Waals surface area (Å²) in [6.45, 7) is 3.08. The van der Waals surface area contributed by atoms with Crippen molar-refractivity contribution >= 4 is 5.69 Å². The maximum absolute atomic E-state index is 5.37. The molecule has 0 amide bonds. The Bertz CT molecular complexity index is 625. The van der Waals surface area contributed by atoms with E-state index in [0.29, 0.717) is 6.79 Å². The molecule has 0 bridgehead atoms. The number of hydrogen-bond donors (Lipinski definition) is 1. The molecule has 0 unspecified atom stereocenters. The van der Waals surface area contributed by atoms with Gasteiger partial charge in [-0.2, -0.15) is 0 Å². The summed E-state index contributed by atoms with van der Waals surface area (Å²) >= 11 is 0. The van der Waals surface area contributed by atoms with Crippen LogP contribution in [0.5, 0.6) is 17.2 Å². The van der Waals surface area contributed by atoms with Crippen molar-refractivity contribution in [1.82, 2.24) is 0 Å². The number of anilines is 1. The van der Waals surface area contributed by atoms with Crippen LogP contribution in [0.1, 0.15) is 11.1 Å². The molecule has 0 aliphatic carbocycles. The Morgan fingerprint density at radius 2 is 1.95 bits per heavy atom. The number of methoxy groups -OCH3 is 1. The van der Waals surface area contributed by atoms with Gasteiger partial charge < -0.3 is 19.5 Å². The first-order valence-electron chi connectivity index (χ1n) is 6.53. The van der Waals surface area contributed by atoms with Gasteiger partial charge in [0.1, 0.15) is 5.75 Å². The monoisotopic (exact) mass is 271 g/mol. The Kier molecular flexibility index (Phi) is 3.37. The molecule has 104 valence electrons. The van der Waals surface area contributed by atoms with Crippen molar-refractivity contribution in [2.75, 3.05) is 19.2 Å². The molecule has 20 heavy (non-hydrogen) atoms. The third-order valence-electron chi connectivity index (χ3n) is 3.33. The lowest BCUT2D eigenvalue weighted by Crippen LogP contribution is -2.00. The van der Waals surface area contributed by atoms with E-state index in [2.05, 4.69) is 11.4 Å². The summed E-state index contributed by atoms with van der Waals surface area (Å²) in [7, 11) is 1.68. The molecule has 2 aromatic rings. The molecule has 1 aliphatic rings. The standard InChI is InChI=1S/C16H17NO3/c1-11-7-13(4-6-14(11)18-2)17-9-12-3-5-15-16(8-12)20-10-19-15/h3-8,17H,9-10H2,1-2H3. The normalized spacial score (nSPS) is 12.3. The molecular weight excluding hydrogens is 254 g/mol. The zero-order chi connectivity index (χ0) is 13.9. The van der Waals surface area contributed by atoms with Gasteiger partial charge in [-0.05, 0) is 48.4 Å². The summed E-state index contributed by atoms with van der Waals surface area (Å²) < 4.78 is 15.9. The summed E-state index contributed by atoms with van der Waals surface area (Å²) in [5.74, 6) is 2.53. The largest absolute Gasteiger partial charge is 0.496 e. The Labute approximate surface area is 118 Å². The Morgan fingerprint density at radius 3 is 2.75 bits per heavy atom. The van der Waals surface area contributed by atoms with E-state index in [4.69, 9.17) is 14.2 Å². The lowest BCUT2D eigenvalue weighted by Gasteiger charge is -2.10. The average molecular weight is 271 g/mol. The fourth-order valence-electron chi connectivity index (χ4n) is 2.24. The molecule has 1 heterocycles. The number of benzene rings is 2. The second-order valence-corrected chi connectivity index (χ2v) is 4.73. The van der Waals surface area contributed by atoms with Crippen molar-refractivity contribution in [3.8, 4) is 17.2 Å². The van der Waals surface area contributed by atoms with Gasteiger partial charge in [0.2, 0.25) is 6.79 Å². The number of rotatable bonds is 4. The van der Waals surface area contributed by atoms with Crippen molar-refractivity contribution in [2.45, 2.75) is 13.5 Å². The summed E-state index contributed by atoms with van der Waals surface area (Å²) in [4.78, 5) is 0. The molecule has 0 radical (unpaired) electrons. The molecule has 4 heteroatoms. The highest BCUT2D eigenvalue weighted by Crippen LogP contribution is 2.32. The van der Waals surface area contributed by atoms with Crippen LogP contribution in [0.15, 0.2) is 36.4 Å². The quantitative estimate of drug-likeness (QED) is 0.925. The van der Waals surface area contributed by atoms with E-state index in [0.717, 1.165) is 40.6 Å². The van der Waals surface area contributed by atoms with Crippen molar-refractivity contribution in [3.05, 3.63) is 47.5 Å². The molecule has 1 aliphatic heterocycles. The second kappa shape index (κ2) is 5.33. The van der Waals surface area contributed by atoms with Crippen LogP contribution in [0.3, 0.4) is 0 Å². The molecule has 0 fully saturated rings. The first-order chi connectivity index (χ1) is 9.76. The van der Waals surface area contributed by atoms with Crippen LogP contribution in [0.4, 0.5) is 5.69 Å². The topological polar surface area (TPSA) is 39.7 Å². The van der Waals surface area contributed by atoms with Crippen molar-refractivity contribution in [1.29, 1.82) is 0 Å². The smallest absolute Gasteiger partial charge is 0.231 e. The minimum atomic E-state index is 0.309. The maximum Gasteiger partial charge on any atom is 0.231 e. The van der Waals surface area contributed by atoms with Crippen LogP contribution >= 0.6 is 0 Å². The highest BCUT2D eigenvalue weighted by atomic mass is 16.7. The number of aryl methyl sites for hydroxylation is 1. The third kappa shape index (κ3) is 2.50. The SMILES string of the molecule is COc1ccc(NCc2ccc3c(c2)OCO3)cc1C. The fourth-order valence-corrected chi connectivity index (χ4v) is 2.24. The molecule has 0 spiro atoms. The summed E-state index contributed by atoms with van der Waals surface area (Å²) in [6, 6.07) is 12.0. The van der Waals surface area contributed by atoms with Gasteiger partial charge in [0.25, 0.3) is 0 Å². The number of fused-ring (bicyclic) bond motifs is 1. The zero-order valence-corrected chi connectivity index (χ0v) is 11.6. The lowest BCUT2D eigenvalue weighted by molar-refractivity contribution is 0.174. The Hall–Kier alpha value is -2.36. The molecule has 3 rings (SSSR count). The van der Waals surface area contributed by atoms with Crippen LogP contribution in [0, 0.1) is 6.92 Å². The lowest BCUT2D eigenvalue weighted by atomic mass is 10.1. The van der Waals surface area contributed by atoms with Crippen LogP contribution in [0.25, 0.3) is 0 Å². The second-order valence-electron chi connectivity index (χ2n) is 4.73. The van der Waals surface area contributed by atoms with E-state index in [-0.39, 0.29) is 0 Å². The third-order valence-corrected chi connectivity index (χ3v) is 3.33. The minimum Gasteiger partial charge on any atom is -0.496 e. The van der Waals surface area contributed by atoms with Crippen LogP contribution in [0.2, 0.25) is 0 Å². The molecule has 0 saturated heterocycles. The summed E-state index contributed by atoms with van der Waals surface area (Å²) in [6.07, 6.45) is 0. The Balaban J connectivity index is 1.69. The van der Waals surface area contributed by atoms with E-state index >= 15 is 0 Å². The number of hydrogen-bond acceptors (Lipinski definition) is 4. The molecule has 4 nitrogen and oxygen atoms in total. The van der Waals surface area contributed by atoms with E-state index in [1.54, 1.807) is 7.11 Å². The number of ether oxygens (including phenoxy) is 3. The van der Waals surface area contributed by atoms with Crippen molar-refractivity contribution in [3.63, 3.8) is 0 Å². The molecular formula is C16H17NO3. The summed E-state index contributed by atoms with van der Waals surface area (Å²) in [5, 5.41) is 3.39. The van der Waals surface area contributed by atoms with Gasteiger partial charge in [-0.1, -0.05) is 6.07 Å². The predicted octanol–water partition coefficient (Wildman–Crippen LogP) is 3.34. The van der Waals surface area contributed by atoms with E-state index in [1.165, 1.54) is 0 Å². The number of nitrogens with one attached hydrogen (secondary N) is 1. The minimum absolute atomic E-state index is 0.309. The molecule has 1 N–H and O–H groups in total. The molecule has 0 saturated carbocycles. The van der Waals surface area contributed by atoms with Crippen molar-refractivity contribution in [2.24, 2.45) is 0 Å². The van der Waals surface area contributed by atoms with Gasteiger partial charge >= 0.3 is 0 Å². The van der Waals surface area contributed by atoms with E-state index in [9.17, 15) is 0 Å². The van der Waals surface area contributed by atoms with Crippen LogP contribution in [-0.4, -0.2) is 13.9 Å². The highest BCUT2D eigenvalue weighted by molar-refractivity contribution is 5.52. The van der Waals surface area contributed by atoms with Gasteiger partial charge in [0.15, 0.2) is 11.5 Å². The first-order valence-corrected chi connectivity index (χ1v) is 6.53. The van der Waals surface area contributed by atoms with E-state index in [1.807, 2.05) is 37.3 Å². The highest BCUT2D eigenvalue weighted by Gasteiger charge is 2.12. The van der Waals surface area contributed by atoms with Crippen LogP contribution in [-0.2, 0) is 6.54 Å². The van der Waals surface area contributed by atoms with E-state index < -0.39 is 0 Å².